The second-order valence-corrected chi connectivity index (χ2v) is 6.02. The number of carbonyl (C=O) groups excluding carboxylic acids is 1. The number of urea groups is 1. The van der Waals surface area contributed by atoms with Gasteiger partial charge in [-0.3, -0.25) is 4.68 Å². The second-order valence-electron chi connectivity index (χ2n) is 6.02. The summed E-state index contributed by atoms with van der Waals surface area (Å²) in [5.41, 5.74) is 4.16. The molecular formula is C19H28N4O2. The quantitative estimate of drug-likeness (QED) is 0.808. The van der Waals surface area contributed by atoms with Gasteiger partial charge in [0.05, 0.1) is 18.3 Å². The highest BCUT2D eigenvalue weighted by molar-refractivity contribution is 5.74. The van der Waals surface area contributed by atoms with Gasteiger partial charge >= 0.3 is 6.03 Å². The second kappa shape index (κ2) is 8.55. The Morgan fingerprint density at radius 2 is 1.92 bits per heavy atom. The van der Waals surface area contributed by atoms with Crippen molar-refractivity contribution in [1.29, 1.82) is 0 Å². The lowest BCUT2D eigenvalue weighted by molar-refractivity contribution is 0.237. The van der Waals surface area contributed by atoms with Crippen LogP contribution < -0.4 is 15.4 Å². The minimum absolute atomic E-state index is 0.0868. The van der Waals surface area contributed by atoms with Crippen molar-refractivity contribution < 1.29 is 9.53 Å². The van der Waals surface area contributed by atoms with Crippen LogP contribution in [0.1, 0.15) is 49.3 Å². The monoisotopic (exact) mass is 344 g/mol. The largest absolute Gasteiger partial charge is 0.494 e. The summed E-state index contributed by atoms with van der Waals surface area (Å²) in [6.07, 6.45) is 0. The van der Waals surface area contributed by atoms with Crippen LogP contribution in [0.4, 0.5) is 4.79 Å². The molecular weight excluding hydrogens is 316 g/mol. The summed E-state index contributed by atoms with van der Waals surface area (Å²) in [5, 5.41) is 10.4. The van der Waals surface area contributed by atoms with Gasteiger partial charge in [0.1, 0.15) is 5.75 Å². The van der Waals surface area contributed by atoms with Crippen LogP contribution in [0.5, 0.6) is 5.75 Å². The van der Waals surface area contributed by atoms with E-state index in [4.69, 9.17) is 4.74 Å². The Bertz CT molecular complexity index is 707. The van der Waals surface area contributed by atoms with E-state index in [1.54, 1.807) is 0 Å². The fourth-order valence-corrected chi connectivity index (χ4v) is 2.82. The minimum Gasteiger partial charge on any atom is -0.494 e. The Hall–Kier alpha value is -2.50. The molecule has 1 aromatic carbocycles. The molecule has 0 saturated heterocycles. The molecule has 2 aromatic rings. The molecule has 0 saturated carbocycles. The highest BCUT2D eigenvalue weighted by Crippen LogP contribution is 2.17. The van der Waals surface area contributed by atoms with Gasteiger partial charge in [-0.2, -0.15) is 5.10 Å². The first-order chi connectivity index (χ1) is 12.0. The highest BCUT2D eigenvalue weighted by Gasteiger charge is 2.13. The molecule has 136 valence electrons. The molecule has 6 heteroatoms. The normalized spacial score (nSPS) is 11.9. The van der Waals surface area contributed by atoms with Crippen LogP contribution in [0.25, 0.3) is 0 Å². The van der Waals surface area contributed by atoms with Crippen molar-refractivity contribution in [1.82, 2.24) is 20.4 Å². The van der Waals surface area contributed by atoms with Gasteiger partial charge in [0.25, 0.3) is 0 Å². The maximum Gasteiger partial charge on any atom is 0.315 e. The third-order valence-corrected chi connectivity index (χ3v) is 4.30. The van der Waals surface area contributed by atoms with E-state index in [1.165, 1.54) is 0 Å². The molecule has 0 aliphatic rings. The van der Waals surface area contributed by atoms with Gasteiger partial charge in [-0.05, 0) is 52.3 Å². The van der Waals surface area contributed by atoms with Crippen LogP contribution in [0.15, 0.2) is 24.3 Å². The van der Waals surface area contributed by atoms with Crippen molar-refractivity contribution in [2.75, 3.05) is 6.61 Å². The molecule has 0 radical (unpaired) electrons. The molecule has 25 heavy (non-hydrogen) atoms. The predicted molar refractivity (Wildman–Crippen MR) is 98.8 cm³/mol. The van der Waals surface area contributed by atoms with Gasteiger partial charge in [0, 0.05) is 24.3 Å². The Morgan fingerprint density at radius 1 is 1.24 bits per heavy atom. The van der Waals surface area contributed by atoms with Gasteiger partial charge in [0.15, 0.2) is 0 Å². The Balaban J connectivity index is 1.90. The number of nitrogens with zero attached hydrogens (tertiary/aromatic N) is 2. The maximum absolute atomic E-state index is 12.2. The molecule has 0 aliphatic heterocycles. The Morgan fingerprint density at radius 3 is 2.48 bits per heavy atom. The van der Waals surface area contributed by atoms with Crippen LogP contribution >= 0.6 is 0 Å². The van der Waals surface area contributed by atoms with Crippen LogP contribution in [-0.4, -0.2) is 22.4 Å². The Kier molecular flexibility index (Phi) is 6.44. The number of carbonyl (C=O) groups is 1. The van der Waals surface area contributed by atoms with Gasteiger partial charge in [-0.25, -0.2) is 4.79 Å². The zero-order valence-corrected chi connectivity index (χ0v) is 15.7. The van der Waals surface area contributed by atoms with Crippen LogP contribution in [0.2, 0.25) is 0 Å². The molecule has 6 nitrogen and oxygen atoms in total. The zero-order chi connectivity index (χ0) is 18.4. The third kappa shape index (κ3) is 4.75. The highest BCUT2D eigenvalue weighted by atomic mass is 16.5. The fourth-order valence-electron chi connectivity index (χ4n) is 2.82. The molecule has 0 fully saturated rings. The van der Waals surface area contributed by atoms with Gasteiger partial charge in [-0.15, -0.1) is 0 Å². The number of hydrogen-bond donors (Lipinski definition) is 2. The van der Waals surface area contributed by atoms with E-state index in [0.717, 1.165) is 34.8 Å². The predicted octanol–water partition coefficient (Wildman–Crippen LogP) is 3.48. The van der Waals surface area contributed by atoms with E-state index in [2.05, 4.69) is 22.7 Å². The molecule has 0 spiro atoms. The standard InChI is InChI=1S/C19H28N4O2/c1-6-23-15(5)18(14(4)22-23)12-20-19(24)21-13(3)16-8-10-17(11-9-16)25-7-2/h8-11,13H,6-7,12H2,1-5H3,(H2,20,21,24)/t13-/m1/s1. The third-order valence-electron chi connectivity index (χ3n) is 4.30. The lowest BCUT2D eigenvalue weighted by Crippen LogP contribution is -2.36. The molecule has 1 atom stereocenters. The van der Waals surface area contributed by atoms with Crippen LogP contribution in [0.3, 0.4) is 0 Å². The number of hydrogen-bond acceptors (Lipinski definition) is 3. The van der Waals surface area contributed by atoms with Crippen LogP contribution in [-0.2, 0) is 13.1 Å². The van der Waals surface area contributed by atoms with Crippen LogP contribution in [0, 0.1) is 13.8 Å². The van der Waals surface area contributed by atoms with E-state index in [1.807, 2.05) is 56.6 Å². The molecule has 0 aliphatic carbocycles. The maximum atomic E-state index is 12.2. The van der Waals surface area contributed by atoms with Crippen molar-refractivity contribution >= 4 is 6.03 Å². The van der Waals surface area contributed by atoms with Crippen molar-refractivity contribution in [2.24, 2.45) is 0 Å². The number of ether oxygens (including phenoxy) is 1. The number of nitrogens with one attached hydrogen (secondary N) is 2. The minimum atomic E-state index is -0.190. The average Bonchev–Trinajstić information content (AvgIpc) is 2.87. The zero-order valence-electron chi connectivity index (χ0n) is 15.7. The molecule has 0 unspecified atom stereocenters. The molecule has 2 N–H and O–H groups in total. The molecule has 2 rings (SSSR count). The fraction of sp³-hybridized carbons (Fsp3) is 0.474. The number of rotatable bonds is 7. The first-order valence-corrected chi connectivity index (χ1v) is 8.76. The molecule has 1 heterocycles. The van der Waals surface area contributed by atoms with E-state index in [-0.39, 0.29) is 12.1 Å². The summed E-state index contributed by atoms with van der Waals surface area (Å²) in [6, 6.07) is 7.49. The number of amides is 2. The van der Waals surface area contributed by atoms with Crippen molar-refractivity contribution in [2.45, 2.75) is 53.8 Å². The lowest BCUT2D eigenvalue weighted by atomic mass is 10.1. The van der Waals surface area contributed by atoms with Crippen molar-refractivity contribution in [3.05, 3.63) is 46.8 Å². The average molecular weight is 344 g/mol. The molecule has 0 bridgehead atoms. The Labute approximate surface area is 149 Å². The van der Waals surface area contributed by atoms with Gasteiger partial charge in [-0.1, -0.05) is 12.1 Å². The van der Waals surface area contributed by atoms with Crippen molar-refractivity contribution in [3.63, 3.8) is 0 Å². The number of aryl methyl sites for hydroxylation is 2. The smallest absolute Gasteiger partial charge is 0.315 e. The topological polar surface area (TPSA) is 68.2 Å². The first-order valence-electron chi connectivity index (χ1n) is 8.76. The van der Waals surface area contributed by atoms with Gasteiger partial charge in [0.2, 0.25) is 0 Å². The summed E-state index contributed by atoms with van der Waals surface area (Å²) in [6.45, 7) is 11.9. The molecule has 1 aromatic heterocycles. The number of benzene rings is 1. The van der Waals surface area contributed by atoms with E-state index < -0.39 is 0 Å². The molecule has 2 amide bonds. The van der Waals surface area contributed by atoms with E-state index in [0.29, 0.717) is 13.2 Å². The lowest BCUT2D eigenvalue weighted by Gasteiger charge is -2.16. The summed E-state index contributed by atoms with van der Waals surface area (Å²) in [7, 11) is 0. The SMILES string of the molecule is CCOc1ccc([C@@H](C)NC(=O)NCc2c(C)nn(CC)c2C)cc1. The van der Waals surface area contributed by atoms with Crippen molar-refractivity contribution in [3.8, 4) is 5.75 Å². The van der Waals surface area contributed by atoms with E-state index in [9.17, 15) is 4.79 Å². The van der Waals surface area contributed by atoms with E-state index >= 15 is 0 Å². The summed E-state index contributed by atoms with van der Waals surface area (Å²) < 4.78 is 7.39. The number of aromatic nitrogens is 2. The summed E-state index contributed by atoms with van der Waals surface area (Å²) in [4.78, 5) is 12.2. The van der Waals surface area contributed by atoms with Gasteiger partial charge < -0.3 is 15.4 Å². The summed E-state index contributed by atoms with van der Waals surface area (Å²) >= 11 is 0. The first kappa shape index (κ1) is 18.8. The summed E-state index contributed by atoms with van der Waals surface area (Å²) in [5.74, 6) is 0.835.